The minimum absolute atomic E-state index is 0.0282. The predicted molar refractivity (Wildman–Crippen MR) is 81.6 cm³/mol. The fourth-order valence-corrected chi connectivity index (χ4v) is 2.11. The van der Waals surface area contributed by atoms with Crippen molar-refractivity contribution >= 4 is 22.0 Å². The molecule has 112 valence electrons. The summed E-state index contributed by atoms with van der Waals surface area (Å²) in [4.78, 5) is 11.6. The van der Waals surface area contributed by atoms with Crippen LogP contribution >= 0.6 is 15.9 Å². The van der Waals surface area contributed by atoms with Crippen LogP contribution < -0.4 is 10.6 Å². The second kappa shape index (κ2) is 9.74. The number of carbonyl (C=O) groups is 1. The molecule has 0 unspecified atom stereocenters. The summed E-state index contributed by atoms with van der Waals surface area (Å²) in [6.07, 6.45) is 0.727. The monoisotopic (exact) mass is 344 g/mol. The molecule has 0 atom stereocenters. The standard InChI is InChI=1S/C14H21BrN2O3/c1-11-9-13(15)4-3-12(11)10-17-14(19)16-5-2-7-20-8-6-18/h3-4,9,18H,2,5-8,10H2,1H3,(H2,16,17,19). The lowest BCUT2D eigenvalue weighted by molar-refractivity contribution is 0.0910. The lowest BCUT2D eigenvalue weighted by atomic mass is 10.1. The molecule has 0 aromatic heterocycles. The van der Waals surface area contributed by atoms with Gasteiger partial charge in [0.25, 0.3) is 0 Å². The summed E-state index contributed by atoms with van der Waals surface area (Å²) < 4.78 is 6.13. The number of aliphatic hydroxyl groups excluding tert-OH is 1. The molecule has 2 amide bonds. The van der Waals surface area contributed by atoms with Crippen molar-refractivity contribution in [1.82, 2.24) is 10.6 Å². The van der Waals surface area contributed by atoms with Gasteiger partial charge in [0.15, 0.2) is 0 Å². The van der Waals surface area contributed by atoms with Gasteiger partial charge >= 0.3 is 6.03 Å². The molecule has 0 bridgehead atoms. The van der Waals surface area contributed by atoms with E-state index in [9.17, 15) is 4.79 Å². The van der Waals surface area contributed by atoms with E-state index in [4.69, 9.17) is 9.84 Å². The third-order valence-electron chi connectivity index (χ3n) is 2.73. The van der Waals surface area contributed by atoms with Crippen molar-refractivity contribution < 1.29 is 14.6 Å². The maximum absolute atomic E-state index is 11.6. The highest BCUT2D eigenvalue weighted by atomic mass is 79.9. The van der Waals surface area contributed by atoms with Crippen LogP contribution in [0, 0.1) is 6.92 Å². The minimum atomic E-state index is -0.186. The first-order chi connectivity index (χ1) is 9.63. The van der Waals surface area contributed by atoms with Crippen LogP contribution in [-0.4, -0.2) is 37.5 Å². The average molecular weight is 345 g/mol. The number of hydrogen-bond acceptors (Lipinski definition) is 3. The summed E-state index contributed by atoms with van der Waals surface area (Å²) in [5.74, 6) is 0. The van der Waals surface area contributed by atoms with Gasteiger partial charge in [0.2, 0.25) is 0 Å². The van der Waals surface area contributed by atoms with Crippen molar-refractivity contribution in [2.45, 2.75) is 19.9 Å². The van der Waals surface area contributed by atoms with Crippen LogP contribution in [0.4, 0.5) is 4.79 Å². The lowest BCUT2D eigenvalue weighted by Crippen LogP contribution is -2.36. The van der Waals surface area contributed by atoms with E-state index < -0.39 is 0 Å². The topological polar surface area (TPSA) is 70.6 Å². The van der Waals surface area contributed by atoms with E-state index in [0.717, 1.165) is 22.0 Å². The molecule has 1 rings (SSSR count). The van der Waals surface area contributed by atoms with Crippen LogP contribution in [0.25, 0.3) is 0 Å². The highest BCUT2D eigenvalue weighted by Gasteiger charge is 2.02. The molecule has 0 heterocycles. The summed E-state index contributed by atoms with van der Waals surface area (Å²) >= 11 is 3.41. The Kier molecular flexibility index (Phi) is 8.25. The Balaban J connectivity index is 2.16. The van der Waals surface area contributed by atoms with Crippen LogP contribution in [0.1, 0.15) is 17.5 Å². The molecule has 0 aliphatic rings. The summed E-state index contributed by atoms with van der Waals surface area (Å²) in [5, 5.41) is 14.1. The largest absolute Gasteiger partial charge is 0.394 e. The minimum Gasteiger partial charge on any atom is -0.394 e. The zero-order valence-corrected chi connectivity index (χ0v) is 13.2. The Morgan fingerprint density at radius 1 is 1.35 bits per heavy atom. The van der Waals surface area contributed by atoms with Crippen LogP contribution in [0.5, 0.6) is 0 Å². The summed E-state index contributed by atoms with van der Waals surface area (Å²) in [7, 11) is 0. The summed E-state index contributed by atoms with van der Waals surface area (Å²) in [5.41, 5.74) is 2.23. The van der Waals surface area contributed by atoms with E-state index in [0.29, 0.717) is 26.3 Å². The Hall–Kier alpha value is -1.11. The number of aryl methyl sites for hydroxylation is 1. The van der Waals surface area contributed by atoms with E-state index >= 15 is 0 Å². The van der Waals surface area contributed by atoms with Gasteiger partial charge in [0.1, 0.15) is 0 Å². The Morgan fingerprint density at radius 2 is 2.15 bits per heavy atom. The van der Waals surface area contributed by atoms with Gasteiger partial charge in [-0.3, -0.25) is 0 Å². The van der Waals surface area contributed by atoms with E-state index in [1.54, 1.807) is 0 Å². The molecule has 0 aliphatic carbocycles. The quantitative estimate of drug-likeness (QED) is 0.631. The van der Waals surface area contributed by atoms with Crippen molar-refractivity contribution in [2.75, 3.05) is 26.4 Å². The van der Waals surface area contributed by atoms with E-state index in [1.807, 2.05) is 25.1 Å². The number of carbonyl (C=O) groups excluding carboxylic acids is 1. The predicted octanol–water partition coefficient (Wildman–Crippen LogP) is 1.96. The van der Waals surface area contributed by atoms with Gasteiger partial charge in [-0.15, -0.1) is 0 Å². The number of urea groups is 1. The first-order valence-electron chi connectivity index (χ1n) is 6.59. The lowest BCUT2D eigenvalue weighted by Gasteiger charge is -2.10. The number of halogens is 1. The maximum Gasteiger partial charge on any atom is 0.315 e. The molecule has 3 N–H and O–H groups in total. The Morgan fingerprint density at radius 3 is 2.85 bits per heavy atom. The zero-order valence-electron chi connectivity index (χ0n) is 11.6. The van der Waals surface area contributed by atoms with Gasteiger partial charge in [-0.05, 0) is 36.6 Å². The normalized spacial score (nSPS) is 10.3. The highest BCUT2D eigenvalue weighted by molar-refractivity contribution is 9.10. The van der Waals surface area contributed by atoms with Gasteiger partial charge in [-0.25, -0.2) is 4.79 Å². The molecular formula is C14H21BrN2O3. The number of amides is 2. The van der Waals surface area contributed by atoms with Crippen LogP contribution in [-0.2, 0) is 11.3 Å². The maximum atomic E-state index is 11.6. The molecule has 5 nitrogen and oxygen atoms in total. The number of benzene rings is 1. The molecule has 1 aromatic carbocycles. The van der Waals surface area contributed by atoms with Gasteiger partial charge in [-0.2, -0.15) is 0 Å². The molecule has 0 saturated heterocycles. The molecule has 0 saturated carbocycles. The van der Waals surface area contributed by atoms with Crippen molar-refractivity contribution in [3.63, 3.8) is 0 Å². The fraction of sp³-hybridized carbons (Fsp3) is 0.500. The highest BCUT2D eigenvalue weighted by Crippen LogP contribution is 2.15. The number of nitrogens with one attached hydrogen (secondary N) is 2. The number of ether oxygens (including phenoxy) is 1. The molecule has 0 aliphatic heterocycles. The third-order valence-corrected chi connectivity index (χ3v) is 3.22. The number of aliphatic hydroxyl groups is 1. The number of hydrogen-bond donors (Lipinski definition) is 3. The second-order valence-corrected chi connectivity index (χ2v) is 5.29. The third kappa shape index (κ3) is 6.88. The molecule has 6 heteroatoms. The molecular weight excluding hydrogens is 324 g/mol. The van der Waals surface area contributed by atoms with Crippen molar-refractivity contribution in [3.05, 3.63) is 33.8 Å². The van der Waals surface area contributed by atoms with Crippen molar-refractivity contribution in [1.29, 1.82) is 0 Å². The average Bonchev–Trinajstić information content (AvgIpc) is 2.41. The first-order valence-corrected chi connectivity index (χ1v) is 7.38. The SMILES string of the molecule is Cc1cc(Br)ccc1CNC(=O)NCCCOCCO. The van der Waals surface area contributed by atoms with E-state index in [1.165, 1.54) is 0 Å². The van der Waals surface area contributed by atoms with Gasteiger partial charge in [0, 0.05) is 24.2 Å². The molecule has 20 heavy (non-hydrogen) atoms. The van der Waals surface area contributed by atoms with E-state index in [2.05, 4.69) is 26.6 Å². The fourth-order valence-electron chi connectivity index (χ4n) is 1.64. The molecule has 0 spiro atoms. The summed E-state index contributed by atoms with van der Waals surface area (Å²) in [6.45, 7) is 3.98. The molecule has 1 aromatic rings. The zero-order chi connectivity index (χ0) is 14.8. The first kappa shape index (κ1) is 16.9. The Bertz CT molecular complexity index is 427. The van der Waals surface area contributed by atoms with E-state index in [-0.39, 0.29) is 12.6 Å². The smallest absolute Gasteiger partial charge is 0.315 e. The molecule has 0 fully saturated rings. The van der Waals surface area contributed by atoms with Crippen molar-refractivity contribution in [2.24, 2.45) is 0 Å². The van der Waals surface area contributed by atoms with Crippen LogP contribution in [0.3, 0.4) is 0 Å². The Labute approximate surface area is 127 Å². The van der Waals surface area contributed by atoms with Crippen LogP contribution in [0.15, 0.2) is 22.7 Å². The van der Waals surface area contributed by atoms with Gasteiger partial charge in [0.05, 0.1) is 13.2 Å². The summed E-state index contributed by atoms with van der Waals surface area (Å²) in [6, 6.07) is 5.78. The van der Waals surface area contributed by atoms with Crippen molar-refractivity contribution in [3.8, 4) is 0 Å². The second-order valence-electron chi connectivity index (χ2n) is 4.37. The number of rotatable bonds is 8. The van der Waals surface area contributed by atoms with Gasteiger partial charge < -0.3 is 20.5 Å². The van der Waals surface area contributed by atoms with Crippen LogP contribution in [0.2, 0.25) is 0 Å². The molecule has 0 radical (unpaired) electrons. The van der Waals surface area contributed by atoms with Gasteiger partial charge in [-0.1, -0.05) is 22.0 Å².